The molecule has 2 saturated heterocycles. The van der Waals surface area contributed by atoms with E-state index in [4.69, 9.17) is 15.0 Å². The zero-order valence-corrected chi connectivity index (χ0v) is 16.9. The van der Waals surface area contributed by atoms with E-state index in [1.807, 2.05) is 0 Å². The lowest BCUT2D eigenvalue weighted by Crippen LogP contribution is -2.49. The van der Waals surface area contributed by atoms with Crippen LogP contribution in [-0.2, 0) is 0 Å². The first-order valence-corrected chi connectivity index (χ1v) is 8.90. The van der Waals surface area contributed by atoms with Gasteiger partial charge >= 0.3 is 0 Å². The first-order chi connectivity index (χ1) is 10.9. The van der Waals surface area contributed by atoms with Gasteiger partial charge in [0.2, 0.25) is 0 Å². The molecule has 0 aromatic rings. The maximum Gasteiger partial charge on any atom is 0.142 e. The Morgan fingerprint density at radius 3 is 1.25 bits per heavy atom. The highest BCUT2D eigenvalue weighted by Crippen LogP contribution is 2.19. The summed E-state index contributed by atoms with van der Waals surface area (Å²) in [7, 11) is 9.11. The third-order valence-corrected chi connectivity index (χ3v) is 6.45. The number of nitrogens with zero attached hydrogens (tertiary/aromatic N) is 4. The van der Waals surface area contributed by atoms with Crippen LogP contribution in [0.2, 0.25) is 0 Å². The van der Waals surface area contributed by atoms with Crippen molar-refractivity contribution in [2.24, 2.45) is 0 Å². The molecule has 7 nitrogen and oxygen atoms in total. The van der Waals surface area contributed by atoms with Crippen LogP contribution < -0.4 is 10.2 Å². The van der Waals surface area contributed by atoms with E-state index >= 15 is 0 Å². The Bertz CT molecular complexity index is 362. The Labute approximate surface area is 148 Å². The molecule has 0 aliphatic carbocycles. The van der Waals surface area contributed by atoms with Gasteiger partial charge in [0.05, 0.1) is 53.4 Å². The van der Waals surface area contributed by atoms with Gasteiger partial charge in [-0.25, -0.2) is 0 Å². The zero-order chi connectivity index (χ0) is 19.1. The molecule has 4 atom stereocenters. The minimum absolute atomic E-state index is 0.713. The molecule has 0 N–H and O–H groups in total. The lowest BCUT2D eigenvalue weighted by molar-refractivity contribution is -0.922. The molecule has 0 radical (unpaired) electrons. The molecule has 0 bridgehead atoms. The van der Waals surface area contributed by atoms with Gasteiger partial charge < -0.3 is 24.0 Å². The summed E-state index contributed by atoms with van der Waals surface area (Å²) in [6.07, 6.45) is -0.907. The molecule has 2 aliphatic rings. The van der Waals surface area contributed by atoms with E-state index in [9.17, 15) is 0 Å². The summed E-state index contributed by atoms with van der Waals surface area (Å²) in [6.45, 7) is 16.8. The Kier molecular flexibility index (Phi) is 9.20. The van der Waals surface area contributed by atoms with E-state index in [0.717, 1.165) is 0 Å². The molecule has 0 amide bonds. The molecule has 144 valence electrons. The summed E-state index contributed by atoms with van der Waals surface area (Å²) >= 11 is 0. The number of hydrogen-bond donors (Lipinski definition) is 0. The lowest BCUT2D eigenvalue weighted by atomic mass is 10.4. The summed E-state index contributed by atoms with van der Waals surface area (Å²) < 4.78 is 2.44. The summed E-state index contributed by atoms with van der Waals surface area (Å²) in [5.74, 6) is 0. The number of likely N-dealkylation sites (N-methyl/N-ethyl adjacent to an activating group) is 4. The molecular formula is C17H38N4O3. The standard InChI is InChI=1S/2C8H19N2.CH2O3/c2*1-5-10(4)7-6-9(3)8(10)2;2-1(3)4/h2*8H,5-7H2,1-4H3;(H2,2,3,4)/q2*+1;/p-2. The molecule has 0 saturated carbocycles. The van der Waals surface area contributed by atoms with Crippen molar-refractivity contribution >= 4 is 6.16 Å². The smallest absolute Gasteiger partial charge is 0.142 e. The summed E-state index contributed by atoms with van der Waals surface area (Å²) in [5.41, 5.74) is 0. The average molecular weight is 347 g/mol. The topological polar surface area (TPSA) is 69.7 Å². The van der Waals surface area contributed by atoms with Gasteiger partial charge in [-0.05, 0) is 34.1 Å². The number of hydrogen-bond acceptors (Lipinski definition) is 5. The number of carbonyl (C=O) groups excluding carboxylic acids is 1. The third-order valence-electron chi connectivity index (χ3n) is 6.45. The van der Waals surface area contributed by atoms with Crippen LogP contribution in [0.3, 0.4) is 0 Å². The predicted molar refractivity (Wildman–Crippen MR) is 92.8 cm³/mol. The van der Waals surface area contributed by atoms with E-state index in [1.165, 1.54) is 48.2 Å². The second-order valence-corrected chi connectivity index (χ2v) is 7.51. The minimum Gasteiger partial charge on any atom is -0.652 e. The molecule has 0 aromatic heterocycles. The van der Waals surface area contributed by atoms with Crippen molar-refractivity contribution in [2.45, 2.75) is 40.0 Å². The predicted octanol–water partition coefficient (Wildman–Crippen LogP) is -0.958. The van der Waals surface area contributed by atoms with Crippen molar-refractivity contribution in [3.8, 4) is 0 Å². The van der Waals surface area contributed by atoms with Crippen molar-refractivity contribution < 1.29 is 24.0 Å². The molecular weight excluding hydrogens is 308 g/mol. The normalized spacial score (nSPS) is 36.5. The van der Waals surface area contributed by atoms with Gasteiger partial charge in [0.25, 0.3) is 0 Å². The number of quaternary nitrogens is 2. The van der Waals surface area contributed by atoms with Crippen molar-refractivity contribution in [3.05, 3.63) is 0 Å². The highest BCUT2D eigenvalue weighted by molar-refractivity contribution is 5.47. The second-order valence-electron chi connectivity index (χ2n) is 7.51. The quantitative estimate of drug-likeness (QED) is 0.603. The largest absolute Gasteiger partial charge is 0.652 e. The molecule has 2 rings (SSSR count). The maximum absolute atomic E-state index is 8.33. The van der Waals surface area contributed by atoms with E-state index < -0.39 is 6.16 Å². The van der Waals surface area contributed by atoms with Crippen LogP contribution in [-0.4, -0.2) is 105 Å². The van der Waals surface area contributed by atoms with Crippen LogP contribution in [0, 0.1) is 0 Å². The van der Waals surface area contributed by atoms with Gasteiger partial charge in [0.1, 0.15) is 12.3 Å². The van der Waals surface area contributed by atoms with E-state index in [1.54, 1.807) is 0 Å². The van der Waals surface area contributed by atoms with Crippen LogP contribution in [0.1, 0.15) is 27.7 Å². The second kappa shape index (κ2) is 9.56. The Balaban J connectivity index is 0.000000363. The van der Waals surface area contributed by atoms with E-state index in [-0.39, 0.29) is 0 Å². The average Bonchev–Trinajstić information content (AvgIpc) is 2.94. The molecule has 7 heteroatoms. The fourth-order valence-electron chi connectivity index (χ4n) is 3.32. The van der Waals surface area contributed by atoms with Gasteiger partial charge in [-0.2, -0.15) is 0 Å². The summed E-state index contributed by atoms with van der Waals surface area (Å²) in [4.78, 5) is 13.2. The summed E-state index contributed by atoms with van der Waals surface area (Å²) in [5, 5.41) is 16.7. The first-order valence-electron chi connectivity index (χ1n) is 8.90. The number of rotatable bonds is 2. The highest BCUT2D eigenvalue weighted by atomic mass is 16.6. The van der Waals surface area contributed by atoms with E-state index in [2.05, 4.69) is 65.7 Å². The summed E-state index contributed by atoms with van der Waals surface area (Å²) in [6, 6.07) is 0. The lowest BCUT2D eigenvalue weighted by Gasteiger charge is -2.33. The Morgan fingerprint density at radius 2 is 1.17 bits per heavy atom. The zero-order valence-electron chi connectivity index (χ0n) is 16.9. The van der Waals surface area contributed by atoms with Crippen LogP contribution in [0.15, 0.2) is 0 Å². The van der Waals surface area contributed by atoms with Gasteiger partial charge in [0, 0.05) is 13.8 Å². The highest BCUT2D eigenvalue weighted by Gasteiger charge is 2.37. The SMILES string of the molecule is CC[N+]1(C)CCN(C)C1C.CC[N+]1(C)CCN(C)C1C.O=C([O-])[O-]. The molecule has 4 unspecified atom stereocenters. The van der Waals surface area contributed by atoms with Crippen molar-refractivity contribution in [1.82, 2.24) is 9.80 Å². The minimum atomic E-state index is -2.33. The van der Waals surface area contributed by atoms with Crippen LogP contribution in [0.5, 0.6) is 0 Å². The third kappa shape index (κ3) is 6.20. The van der Waals surface area contributed by atoms with Crippen molar-refractivity contribution in [2.75, 3.05) is 67.5 Å². The van der Waals surface area contributed by atoms with Gasteiger partial charge in [0.15, 0.2) is 0 Å². The number of carbonyl (C=O) groups is 1. The Hall–Kier alpha value is -0.890. The Morgan fingerprint density at radius 1 is 0.917 bits per heavy atom. The molecule has 2 heterocycles. The molecule has 24 heavy (non-hydrogen) atoms. The fourth-order valence-corrected chi connectivity index (χ4v) is 3.32. The maximum atomic E-state index is 8.33. The van der Waals surface area contributed by atoms with Crippen LogP contribution >= 0.6 is 0 Å². The van der Waals surface area contributed by atoms with Gasteiger partial charge in [-0.1, -0.05) is 0 Å². The molecule has 2 aliphatic heterocycles. The van der Waals surface area contributed by atoms with Gasteiger partial charge in [-0.3, -0.25) is 9.80 Å². The number of carboxylic acid groups (broad SMARTS) is 2. The first kappa shape index (κ1) is 23.1. The fraction of sp³-hybridized carbons (Fsp3) is 0.941. The van der Waals surface area contributed by atoms with Crippen LogP contribution in [0.25, 0.3) is 0 Å². The van der Waals surface area contributed by atoms with Crippen molar-refractivity contribution in [3.63, 3.8) is 0 Å². The molecule has 0 spiro atoms. The van der Waals surface area contributed by atoms with E-state index in [0.29, 0.717) is 12.3 Å². The molecule has 0 aromatic carbocycles. The molecule has 2 fully saturated rings. The van der Waals surface area contributed by atoms with Crippen molar-refractivity contribution in [1.29, 1.82) is 0 Å². The van der Waals surface area contributed by atoms with Gasteiger partial charge in [-0.15, -0.1) is 0 Å². The monoisotopic (exact) mass is 346 g/mol. The van der Waals surface area contributed by atoms with Crippen LogP contribution in [0.4, 0.5) is 4.79 Å².